The number of nitrogens with one attached hydrogen (secondary N) is 1. The van der Waals surface area contributed by atoms with Crippen LogP contribution in [0.25, 0.3) is 11.0 Å². The van der Waals surface area contributed by atoms with Crippen LogP contribution in [0.5, 0.6) is 0 Å². The third-order valence-corrected chi connectivity index (χ3v) is 8.79. The van der Waals surface area contributed by atoms with E-state index in [0.717, 1.165) is 6.92 Å². The van der Waals surface area contributed by atoms with Crippen LogP contribution in [0.4, 0.5) is 14.7 Å². The summed E-state index contributed by atoms with van der Waals surface area (Å²) in [6.07, 6.45) is -7.42. The second-order valence-corrected chi connectivity index (χ2v) is 12.0. The zero-order valence-electron chi connectivity index (χ0n) is 18.6. The van der Waals surface area contributed by atoms with Crippen LogP contribution < -0.4 is 11.3 Å². The van der Waals surface area contributed by atoms with Gasteiger partial charge in [0.25, 0.3) is 5.56 Å². The fourth-order valence-electron chi connectivity index (χ4n) is 3.56. The van der Waals surface area contributed by atoms with Gasteiger partial charge in [-0.3, -0.25) is 18.9 Å². The molecule has 0 aliphatic carbocycles. The molecule has 23 heteroatoms. The number of nitrogens with two attached hydrogens (primary N) is 1. The van der Waals surface area contributed by atoms with Gasteiger partial charge in [0, 0.05) is 6.20 Å². The van der Waals surface area contributed by atoms with E-state index in [0.29, 0.717) is 10.8 Å². The molecular formula is C15H19F2N4O14P3. The van der Waals surface area contributed by atoms with E-state index in [4.69, 9.17) is 20.3 Å². The van der Waals surface area contributed by atoms with Gasteiger partial charge >= 0.3 is 23.5 Å². The maximum absolute atomic E-state index is 14.6. The lowest BCUT2D eigenvalue weighted by Crippen LogP contribution is -2.47. The fourth-order valence-corrected chi connectivity index (χ4v) is 6.76. The van der Waals surface area contributed by atoms with Crippen LogP contribution in [0.3, 0.4) is 0 Å². The number of aromatic amines is 1. The molecule has 0 spiro atoms. The average Bonchev–Trinajstić information content (AvgIpc) is 3.17. The van der Waals surface area contributed by atoms with Gasteiger partial charge in [0.15, 0.2) is 23.3 Å². The summed E-state index contributed by atoms with van der Waals surface area (Å²) >= 11 is 0. The first-order valence-electron chi connectivity index (χ1n) is 9.80. The minimum absolute atomic E-state index is 0.489. The first kappa shape index (κ1) is 30.5. The second-order valence-electron chi connectivity index (χ2n) is 7.59. The fraction of sp³-hybridized carbons (Fsp3) is 0.467. The molecule has 3 rings (SSSR count). The number of phosphoric ester groups is 1. The average molecular weight is 610 g/mol. The van der Waals surface area contributed by atoms with Crippen molar-refractivity contribution in [2.45, 2.75) is 37.1 Å². The van der Waals surface area contributed by atoms with Crippen LogP contribution in [0.15, 0.2) is 11.0 Å². The van der Waals surface area contributed by atoms with E-state index in [1.54, 1.807) is 0 Å². The summed E-state index contributed by atoms with van der Waals surface area (Å²) in [5.74, 6) is 2.15. The number of halogens is 2. The summed E-state index contributed by atoms with van der Waals surface area (Å²) in [6.45, 7) is -0.428. The Balaban J connectivity index is 1.99. The molecule has 38 heavy (non-hydrogen) atoms. The summed E-state index contributed by atoms with van der Waals surface area (Å²) in [6, 6.07) is 0. The lowest BCUT2D eigenvalue weighted by atomic mass is 9.92. The van der Waals surface area contributed by atoms with Crippen molar-refractivity contribution in [3.63, 3.8) is 0 Å². The van der Waals surface area contributed by atoms with E-state index in [1.807, 2.05) is 16.8 Å². The van der Waals surface area contributed by atoms with Crippen molar-refractivity contribution in [2.24, 2.45) is 0 Å². The molecular weight excluding hydrogens is 591 g/mol. The number of hydrogen-bond donors (Lipinski definition) is 8. The minimum atomic E-state index is -5.89. The van der Waals surface area contributed by atoms with Gasteiger partial charge in [-0.1, -0.05) is 11.8 Å². The van der Waals surface area contributed by atoms with Gasteiger partial charge in [-0.2, -0.15) is 13.6 Å². The molecule has 212 valence electrons. The second kappa shape index (κ2) is 10.5. The van der Waals surface area contributed by atoms with E-state index in [1.165, 1.54) is 0 Å². The topological polar surface area (TPSA) is 286 Å². The zero-order valence-corrected chi connectivity index (χ0v) is 21.3. The van der Waals surface area contributed by atoms with Crippen molar-refractivity contribution in [1.82, 2.24) is 14.5 Å². The standard InChI is InChI=1S/C15H19F2N4O14P3/c1-6(33-37(28,29)35-38(30,31)34-36(25,26)27)9-10(22)15(24,3-2-4-16)13(32-9)21-5-7(17)8-11(21)19-14(18)20-12(8)23/h5-6,9-10,13,22,24H,4H2,1H3,(H,28,29)(H,30,31)(H2,25,26,27)(H3,18,19,20,23)/t6-,9-,10+,13-,15?/m1/s1. The predicted octanol–water partition coefficient (Wildman–Crippen LogP) is -0.860. The molecule has 3 unspecified atom stereocenters. The minimum Gasteiger partial charge on any atom is -0.386 e. The lowest BCUT2D eigenvalue weighted by Gasteiger charge is -2.27. The highest BCUT2D eigenvalue weighted by Crippen LogP contribution is 2.66. The first-order valence-corrected chi connectivity index (χ1v) is 14.3. The van der Waals surface area contributed by atoms with E-state index in [9.17, 15) is 47.3 Å². The van der Waals surface area contributed by atoms with Crippen molar-refractivity contribution in [1.29, 1.82) is 0 Å². The quantitative estimate of drug-likeness (QED) is 0.133. The van der Waals surface area contributed by atoms with Crippen LogP contribution in [-0.4, -0.2) is 74.9 Å². The van der Waals surface area contributed by atoms with E-state index < -0.39 is 88.6 Å². The number of ether oxygens (including phenoxy) is 1. The van der Waals surface area contributed by atoms with E-state index >= 15 is 0 Å². The third kappa shape index (κ3) is 6.38. The Labute approximate surface area is 209 Å². The summed E-state index contributed by atoms with van der Waals surface area (Å²) in [4.78, 5) is 54.2. The maximum Gasteiger partial charge on any atom is 0.490 e. The molecule has 9 N–H and O–H groups in total. The van der Waals surface area contributed by atoms with E-state index in [-0.39, 0.29) is 0 Å². The van der Waals surface area contributed by atoms with Gasteiger partial charge in [-0.15, -0.1) is 0 Å². The molecule has 0 saturated carbocycles. The maximum atomic E-state index is 14.6. The van der Waals surface area contributed by atoms with Crippen molar-refractivity contribution in [3.05, 3.63) is 22.4 Å². The normalized spacial score (nSPS) is 27.9. The number of H-pyrrole nitrogens is 1. The molecule has 18 nitrogen and oxygen atoms in total. The number of anilines is 1. The SMILES string of the molecule is C[C@@H](OP(=O)(O)OP(=O)(O)OP(=O)(O)O)[C@H]1O[C@@H](n2cc(F)c3c(=O)[nH]c(N)nc32)C(O)(C#CCF)[C@H]1O. The number of aromatic nitrogens is 3. The van der Waals surface area contributed by atoms with Gasteiger partial charge < -0.3 is 40.3 Å². The first-order chi connectivity index (χ1) is 17.3. The predicted molar refractivity (Wildman–Crippen MR) is 118 cm³/mol. The molecule has 1 fully saturated rings. The highest BCUT2D eigenvalue weighted by molar-refractivity contribution is 7.66. The number of fused-ring (bicyclic) bond motifs is 1. The molecule has 0 aromatic carbocycles. The molecule has 2 aromatic rings. The largest absolute Gasteiger partial charge is 0.490 e. The van der Waals surface area contributed by atoms with Crippen LogP contribution in [0, 0.1) is 17.7 Å². The Kier molecular flexibility index (Phi) is 8.41. The highest BCUT2D eigenvalue weighted by atomic mass is 31.3. The van der Waals surface area contributed by atoms with Crippen molar-refractivity contribution >= 4 is 40.4 Å². The number of rotatable bonds is 8. The Morgan fingerprint density at radius 1 is 1.29 bits per heavy atom. The van der Waals surface area contributed by atoms with Gasteiger partial charge in [-0.05, 0) is 6.92 Å². The van der Waals surface area contributed by atoms with Gasteiger partial charge in [0.1, 0.15) is 24.3 Å². The van der Waals surface area contributed by atoms with Gasteiger partial charge in [-0.25, -0.2) is 22.5 Å². The van der Waals surface area contributed by atoms with Crippen LogP contribution >= 0.6 is 23.5 Å². The molecule has 1 aliphatic heterocycles. The third-order valence-electron chi connectivity index (χ3n) is 4.87. The van der Waals surface area contributed by atoms with Crippen molar-refractivity contribution < 1.29 is 70.1 Å². The summed E-state index contributed by atoms with van der Waals surface area (Å²) in [5.41, 5.74) is 1.12. The van der Waals surface area contributed by atoms with Crippen LogP contribution in [0.2, 0.25) is 0 Å². The van der Waals surface area contributed by atoms with Crippen LogP contribution in [-0.2, 0) is 31.6 Å². The molecule has 0 radical (unpaired) electrons. The molecule has 0 amide bonds. The Bertz CT molecular complexity index is 1500. The molecule has 1 aliphatic rings. The van der Waals surface area contributed by atoms with Crippen molar-refractivity contribution in [3.8, 4) is 11.8 Å². The van der Waals surface area contributed by atoms with E-state index in [2.05, 4.69) is 18.1 Å². The smallest absolute Gasteiger partial charge is 0.386 e. The Hall–Kier alpha value is -2.07. The number of aliphatic hydroxyl groups is 2. The number of phosphoric acid groups is 3. The summed E-state index contributed by atoms with van der Waals surface area (Å²) < 4.78 is 79.8. The number of nitrogen functional groups attached to an aromatic ring is 1. The highest BCUT2D eigenvalue weighted by Gasteiger charge is 2.58. The number of aliphatic hydroxyl groups excluding tert-OH is 1. The molecule has 0 bridgehead atoms. The van der Waals surface area contributed by atoms with Gasteiger partial charge in [0.05, 0.1) is 6.10 Å². The molecule has 1 saturated heterocycles. The Morgan fingerprint density at radius 2 is 1.92 bits per heavy atom. The number of hydrogen-bond acceptors (Lipinski definition) is 12. The molecule has 2 aromatic heterocycles. The van der Waals surface area contributed by atoms with Crippen molar-refractivity contribution in [2.75, 3.05) is 12.4 Å². The molecule has 3 heterocycles. The monoisotopic (exact) mass is 610 g/mol. The number of alkyl halides is 1. The van der Waals surface area contributed by atoms with Gasteiger partial charge in [0.2, 0.25) is 5.95 Å². The summed E-state index contributed by atoms with van der Waals surface area (Å²) in [7, 11) is -17.3. The van der Waals surface area contributed by atoms with Crippen LogP contribution in [0.1, 0.15) is 13.2 Å². The molecule has 7 atom stereocenters. The lowest BCUT2D eigenvalue weighted by molar-refractivity contribution is -0.0831. The Morgan fingerprint density at radius 3 is 2.50 bits per heavy atom. The number of nitrogens with zero attached hydrogens (tertiary/aromatic N) is 2. The zero-order chi connectivity index (χ0) is 28.8. The summed E-state index contributed by atoms with van der Waals surface area (Å²) in [5, 5.41) is 21.2.